The first-order valence-electron chi connectivity index (χ1n) is 6.28. The van der Waals surface area contributed by atoms with Crippen LogP contribution in [0.25, 0.3) is 0 Å². The Kier molecular flexibility index (Phi) is 4.72. The summed E-state index contributed by atoms with van der Waals surface area (Å²) in [6.07, 6.45) is 0. The molecule has 0 saturated carbocycles. The fourth-order valence-corrected chi connectivity index (χ4v) is 1.68. The highest BCUT2D eigenvalue weighted by Crippen LogP contribution is 2.18. The van der Waals surface area contributed by atoms with E-state index in [2.05, 4.69) is 63.9 Å². The highest BCUT2D eigenvalue weighted by atomic mass is 15.1. The van der Waals surface area contributed by atoms with Crippen LogP contribution in [0.4, 0.5) is 0 Å². The summed E-state index contributed by atoms with van der Waals surface area (Å²) in [5.74, 6) is 0. The van der Waals surface area contributed by atoms with Gasteiger partial charge >= 0.3 is 0 Å². The maximum absolute atomic E-state index is 6.19. The summed E-state index contributed by atoms with van der Waals surface area (Å²) in [4.78, 5) is 2.29. The molecule has 1 aromatic rings. The van der Waals surface area contributed by atoms with Crippen LogP contribution in [-0.4, -0.2) is 24.5 Å². The molecule has 1 aromatic carbocycles. The molecule has 0 saturated heterocycles. The van der Waals surface area contributed by atoms with Gasteiger partial charge in [-0.15, -0.1) is 0 Å². The topological polar surface area (TPSA) is 29.3 Å². The molecule has 0 radical (unpaired) electrons. The number of hydrogen-bond donors (Lipinski definition) is 1. The summed E-state index contributed by atoms with van der Waals surface area (Å²) in [7, 11) is 2.13. The molecule has 17 heavy (non-hydrogen) atoms. The maximum Gasteiger partial charge on any atom is 0.0231 e. The Bertz CT molecular complexity index is 335. The third-order valence-electron chi connectivity index (χ3n) is 3.19. The second-order valence-electron chi connectivity index (χ2n) is 6.15. The zero-order valence-electron chi connectivity index (χ0n) is 11.8. The summed E-state index contributed by atoms with van der Waals surface area (Å²) in [6, 6.07) is 8.90. The third kappa shape index (κ3) is 4.88. The second kappa shape index (κ2) is 5.65. The number of aryl methyl sites for hydroxylation is 1. The minimum Gasteiger partial charge on any atom is -0.326 e. The monoisotopic (exact) mass is 234 g/mol. The molecule has 2 N–H and O–H groups in total. The molecular formula is C15H26N2. The largest absolute Gasteiger partial charge is 0.326 e. The first kappa shape index (κ1) is 14.2. The lowest BCUT2D eigenvalue weighted by atomic mass is 9.87. The van der Waals surface area contributed by atoms with Gasteiger partial charge in [-0.3, -0.25) is 0 Å². The standard InChI is InChI=1S/C15H26N2/c1-12-6-8-13(9-7-12)10-17(5)11-14(16)15(2,3)4/h6-9,14H,10-11,16H2,1-5H3. The summed E-state index contributed by atoms with van der Waals surface area (Å²) >= 11 is 0. The molecule has 0 fully saturated rings. The van der Waals surface area contributed by atoms with Crippen LogP contribution in [0, 0.1) is 12.3 Å². The molecule has 1 atom stereocenters. The zero-order valence-corrected chi connectivity index (χ0v) is 11.8. The molecule has 0 aromatic heterocycles. The van der Waals surface area contributed by atoms with Gasteiger partial charge < -0.3 is 10.6 Å². The van der Waals surface area contributed by atoms with E-state index in [1.807, 2.05) is 0 Å². The smallest absolute Gasteiger partial charge is 0.0231 e. The van der Waals surface area contributed by atoms with Gasteiger partial charge in [-0.05, 0) is 24.9 Å². The van der Waals surface area contributed by atoms with Crippen molar-refractivity contribution in [3.8, 4) is 0 Å². The van der Waals surface area contributed by atoms with Crippen molar-refractivity contribution >= 4 is 0 Å². The summed E-state index contributed by atoms with van der Waals surface area (Å²) in [5, 5.41) is 0. The molecule has 1 unspecified atom stereocenters. The fraction of sp³-hybridized carbons (Fsp3) is 0.600. The van der Waals surface area contributed by atoms with E-state index in [0.717, 1.165) is 13.1 Å². The Balaban J connectivity index is 2.50. The average molecular weight is 234 g/mol. The number of hydrogen-bond acceptors (Lipinski definition) is 2. The number of likely N-dealkylation sites (N-methyl/N-ethyl adjacent to an activating group) is 1. The highest BCUT2D eigenvalue weighted by molar-refractivity contribution is 5.21. The van der Waals surface area contributed by atoms with Gasteiger partial charge in [-0.1, -0.05) is 50.6 Å². The lowest BCUT2D eigenvalue weighted by Gasteiger charge is -2.31. The SMILES string of the molecule is Cc1ccc(CN(C)CC(N)C(C)(C)C)cc1. The van der Waals surface area contributed by atoms with E-state index >= 15 is 0 Å². The van der Waals surface area contributed by atoms with E-state index in [1.54, 1.807) is 0 Å². The van der Waals surface area contributed by atoms with Gasteiger partial charge in [0.25, 0.3) is 0 Å². The van der Waals surface area contributed by atoms with E-state index < -0.39 is 0 Å². The fourth-order valence-electron chi connectivity index (χ4n) is 1.68. The lowest BCUT2D eigenvalue weighted by molar-refractivity contribution is 0.222. The summed E-state index contributed by atoms with van der Waals surface area (Å²) in [5.41, 5.74) is 9.01. The van der Waals surface area contributed by atoms with Crippen molar-refractivity contribution in [1.82, 2.24) is 4.90 Å². The Morgan fingerprint density at radius 2 is 1.71 bits per heavy atom. The van der Waals surface area contributed by atoms with Gasteiger partial charge in [0, 0.05) is 19.1 Å². The average Bonchev–Trinajstić information content (AvgIpc) is 2.20. The van der Waals surface area contributed by atoms with Crippen molar-refractivity contribution < 1.29 is 0 Å². The second-order valence-corrected chi connectivity index (χ2v) is 6.15. The minimum atomic E-state index is 0.168. The Morgan fingerprint density at radius 3 is 2.18 bits per heavy atom. The molecule has 2 heteroatoms. The molecule has 0 aliphatic rings. The van der Waals surface area contributed by atoms with E-state index in [0.29, 0.717) is 0 Å². The van der Waals surface area contributed by atoms with E-state index in [9.17, 15) is 0 Å². The van der Waals surface area contributed by atoms with Crippen LogP contribution < -0.4 is 5.73 Å². The first-order valence-corrected chi connectivity index (χ1v) is 6.28. The molecule has 2 nitrogen and oxygen atoms in total. The molecule has 0 heterocycles. The predicted octanol–water partition coefficient (Wildman–Crippen LogP) is 2.80. The van der Waals surface area contributed by atoms with Crippen molar-refractivity contribution in [1.29, 1.82) is 0 Å². The molecular weight excluding hydrogens is 208 g/mol. The normalized spacial score (nSPS) is 14.1. The van der Waals surface area contributed by atoms with Crippen LogP contribution in [0.1, 0.15) is 31.9 Å². The van der Waals surface area contributed by atoms with Crippen molar-refractivity contribution in [3.63, 3.8) is 0 Å². The molecule has 96 valence electrons. The molecule has 0 aliphatic heterocycles. The Morgan fingerprint density at radius 1 is 1.18 bits per heavy atom. The van der Waals surface area contributed by atoms with Crippen LogP contribution in [0.5, 0.6) is 0 Å². The van der Waals surface area contributed by atoms with Gasteiger partial charge in [-0.25, -0.2) is 0 Å². The van der Waals surface area contributed by atoms with Crippen molar-refractivity contribution in [3.05, 3.63) is 35.4 Å². The quantitative estimate of drug-likeness (QED) is 0.868. The molecule has 0 bridgehead atoms. The van der Waals surface area contributed by atoms with Gasteiger partial charge in [0.15, 0.2) is 0 Å². The van der Waals surface area contributed by atoms with Crippen LogP contribution in [0.15, 0.2) is 24.3 Å². The maximum atomic E-state index is 6.19. The Hall–Kier alpha value is -0.860. The molecule has 0 aliphatic carbocycles. The van der Waals surface area contributed by atoms with E-state index in [4.69, 9.17) is 5.73 Å². The Labute approximate surface area is 106 Å². The van der Waals surface area contributed by atoms with Crippen LogP contribution in [0.3, 0.4) is 0 Å². The van der Waals surface area contributed by atoms with Gasteiger partial charge in [0.2, 0.25) is 0 Å². The molecule has 0 spiro atoms. The van der Waals surface area contributed by atoms with Crippen molar-refractivity contribution in [2.24, 2.45) is 11.1 Å². The number of nitrogens with two attached hydrogens (primary N) is 1. The lowest BCUT2D eigenvalue weighted by Crippen LogP contribution is -2.43. The first-order chi connectivity index (χ1) is 7.79. The van der Waals surface area contributed by atoms with Gasteiger partial charge in [-0.2, -0.15) is 0 Å². The summed E-state index contributed by atoms with van der Waals surface area (Å²) < 4.78 is 0. The number of rotatable bonds is 4. The van der Waals surface area contributed by atoms with E-state index in [1.165, 1.54) is 11.1 Å². The zero-order chi connectivity index (χ0) is 13.1. The predicted molar refractivity (Wildman–Crippen MR) is 74.9 cm³/mol. The number of benzene rings is 1. The van der Waals surface area contributed by atoms with Crippen LogP contribution in [0.2, 0.25) is 0 Å². The molecule has 1 rings (SSSR count). The van der Waals surface area contributed by atoms with Crippen molar-refractivity contribution in [2.75, 3.05) is 13.6 Å². The highest BCUT2D eigenvalue weighted by Gasteiger charge is 2.21. The third-order valence-corrected chi connectivity index (χ3v) is 3.19. The van der Waals surface area contributed by atoms with E-state index in [-0.39, 0.29) is 11.5 Å². The minimum absolute atomic E-state index is 0.168. The van der Waals surface area contributed by atoms with Gasteiger partial charge in [0.1, 0.15) is 0 Å². The number of nitrogens with zero attached hydrogens (tertiary/aromatic N) is 1. The van der Waals surface area contributed by atoms with Crippen molar-refractivity contribution in [2.45, 2.75) is 40.3 Å². The summed E-state index contributed by atoms with van der Waals surface area (Å²) in [6.45, 7) is 10.6. The van der Waals surface area contributed by atoms with Gasteiger partial charge in [0.05, 0.1) is 0 Å². The molecule has 0 amide bonds. The van der Waals surface area contributed by atoms with Crippen LogP contribution >= 0.6 is 0 Å². The van der Waals surface area contributed by atoms with Crippen LogP contribution in [-0.2, 0) is 6.54 Å².